The van der Waals surface area contributed by atoms with E-state index in [-0.39, 0.29) is 13.2 Å². The fourth-order valence-corrected chi connectivity index (χ4v) is 3.88. The average Bonchev–Trinajstić information content (AvgIpc) is 2.72. The van der Waals surface area contributed by atoms with Crippen LogP contribution in [-0.4, -0.2) is 41.8 Å². The van der Waals surface area contributed by atoms with Gasteiger partial charge in [0, 0.05) is 0 Å². The topological polar surface area (TPSA) is 105 Å². The number of amides is 1. The van der Waals surface area contributed by atoms with Crippen molar-refractivity contribution in [2.75, 3.05) is 13.2 Å². The lowest BCUT2D eigenvalue weighted by Crippen LogP contribution is -2.41. The lowest BCUT2D eigenvalue weighted by molar-refractivity contribution is -0.111. The van der Waals surface area contributed by atoms with Crippen molar-refractivity contribution in [2.45, 2.75) is 109 Å². The Morgan fingerprint density at radius 2 is 1.47 bits per heavy atom. The third kappa shape index (κ3) is 18.1. The summed E-state index contributed by atoms with van der Waals surface area (Å²) in [7, 11) is -4.18. The van der Waals surface area contributed by atoms with Gasteiger partial charge >= 0.3 is 7.82 Å². The number of allylic oxidation sites excluding steroid dienone is 1. The molecular formula is C22H44NO6P. The van der Waals surface area contributed by atoms with Gasteiger partial charge in [0.05, 0.1) is 25.4 Å². The number of aliphatic hydroxyl groups is 1. The van der Waals surface area contributed by atoms with E-state index in [1.165, 1.54) is 57.8 Å². The predicted molar refractivity (Wildman–Crippen MR) is 121 cm³/mol. The molecule has 178 valence electrons. The molecule has 0 saturated heterocycles. The summed E-state index contributed by atoms with van der Waals surface area (Å²) in [5.74, 6) is 0. The van der Waals surface area contributed by atoms with Crippen LogP contribution in [0.5, 0.6) is 0 Å². The highest BCUT2D eigenvalue weighted by Crippen LogP contribution is 2.43. The number of phosphoric ester groups is 1. The van der Waals surface area contributed by atoms with E-state index in [0.717, 1.165) is 19.3 Å². The summed E-state index contributed by atoms with van der Waals surface area (Å²) in [6.45, 7) is 3.83. The van der Waals surface area contributed by atoms with Gasteiger partial charge in [-0.05, 0) is 19.3 Å². The zero-order chi connectivity index (χ0) is 22.5. The fourth-order valence-electron chi connectivity index (χ4n) is 3.05. The molecular weight excluding hydrogens is 405 g/mol. The maximum Gasteiger partial charge on any atom is 0.472 e. The van der Waals surface area contributed by atoms with Crippen LogP contribution in [0.2, 0.25) is 0 Å². The van der Waals surface area contributed by atoms with E-state index < -0.39 is 20.0 Å². The molecule has 8 heteroatoms. The van der Waals surface area contributed by atoms with Crippen molar-refractivity contribution in [1.29, 1.82) is 0 Å². The number of rotatable bonds is 22. The van der Waals surface area contributed by atoms with Crippen molar-refractivity contribution in [2.24, 2.45) is 0 Å². The zero-order valence-electron chi connectivity index (χ0n) is 19.0. The van der Waals surface area contributed by atoms with Crippen molar-refractivity contribution in [1.82, 2.24) is 5.32 Å². The van der Waals surface area contributed by atoms with E-state index in [4.69, 9.17) is 9.05 Å². The minimum absolute atomic E-state index is 0.0982. The number of unbranched alkanes of at least 4 members (excludes halogenated alkanes) is 11. The first-order chi connectivity index (χ1) is 14.5. The van der Waals surface area contributed by atoms with Gasteiger partial charge in [-0.3, -0.25) is 13.8 Å². The number of carbonyl (C=O) groups excluding carboxylic acids is 1. The van der Waals surface area contributed by atoms with E-state index in [1.54, 1.807) is 13.0 Å². The summed E-state index contributed by atoms with van der Waals surface area (Å²) >= 11 is 0. The van der Waals surface area contributed by atoms with Gasteiger partial charge in [0.15, 0.2) is 0 Å². The Bertz CT molecular complexity index is 475. The van der Waals surface area contributed by atoms with Gasteiger partial charge in [0.25, 0.3) is 0 Å². The molecule has 3 N–H and O–H groups in total. The second-order valence-electron chi connectivity index (χ2n) is 7.73. The fraction of sp³-hybridized carbons (Fsp3) is 0.864. The molecule has 30 heavy (non-hydrogen) atoms. The maximum absolute atomic E-state index is 11.7. The highest BCUT2D eigenvalue weighted by atomic mass is 31.2. The monoisotopic (exact) mass is 449 g/mol. The summed E-state index contributed by atoms with van der Waals surface area (Å²) in [5, 5.41) is 12.6. The first-order valence-corrected chi connectivity index (χ1v) is 13.1. The average molecular weight is 450 g/mol. The van der Waals surface area contributed by atoms with Crippen molar-refractivity contribution in [3.8, 4) is 0 Å². The first-order valence-electron chi connectivity index (χ1n) is 11.6. The lowest BCUT2D eigenvalue weighted by Gasteiger charge is -2.21. The SMILES string of the molecule is CCCCCCCCCCCCC/C=C/[C@@H](O)C(COP(=O)(O)OCCC)NC=O. The second kappa shape index (κ2) is 20.2. The van der Waals surface area contributed by atoms with E-state index >= 15 is 0 Å². The second-order valence-corrected chi connectivity index (χ2v) is 9.19. The van der Waals surface area contributed by atoms with Gasteiger partial charge < -0.3 is 15.3 Å². The van der Waals surface area contributed by atoms with Crippen LogP contribution in [-0.2, 0) is 18.4 Å². The van der Waals surface area contributed by atoms with Crippen LogP contribution in [0.3, 0.4) is 0 Å². The molecule has 1 amide bonds. The number of phosphoric acid groups is 1. The number of hydrogen-bond acceptors (Lipinski definition) is 5. The quantitative estimate of drug-likeness (QED) is 0.0901. The number of nitrogens with one attached hydrogen (secondary N) is 1. The molecule has 0 saturated carbocycles. The van der Waals surface area contributed by atoms with E-state index in [9.17, 15) is 19.4 Å². The van der Waals surface area contributed by atoms with Gasteiger partial charge in [0.1, 0.15) is 0 Å². The summed E-state index contributed by atoms with van der Waals surface area (Å²) in [6, 6.07) is -0.818. The minimum atomic E-state index is -4.18. The summed E-state index contributed by atoms with van der Waals surface area (Å²) < 4.78 is 21.3. The normalized spacial score (nSPS) is 15.7. The van der Waals surface area contributed by atoms with Gasteiger partial charge in [-0.15, -0.1) is 0 Å². The summed E-state index contributed by atoms with van der Waals surface area (Å²) in [5.41, 5.74) is 0. The van der Waals surface area contributed by atoms with Crippen molar-refractivity contribution < 1.29 is 28.4 Å². The van der Waals surface area contributed by atoms with Crippen LogP contribution >= 0.6 is 7.82 Å². The molecule has 0 heterocycles. The Labute approximate surface area is 183 Å². The molecule has 0 aliphatic rings. The maximum atomic E-state index is 11.7. The first kappa shape index (κ1) is 29.3. The van der Waals surface area contributed by atoms with Crippen molar-refractivity contribution in [3.05, 3.63) is 12.2 Å². The molecule has 0 aromatic rings. The number of carbonyl (C=O) groups is 1. The number of hydrogen-bond donors (Lipinski definition) is 3. The molecule has 0 rings (SSSR count). The molecule has 0 radical (unpaired) electrons. The predicted octanol–water partition coefficient (Wildman–Crippen LogP) is 5.26. The Morgan fingerprint density at radius 1 is 0.900 bits per heavy atom. The molecule has 0 bridgehead atoms. The van der Waals surface area contributed by atoms with Crippen LogP contribution in [0.4, 0.5) is 0 Å². The molecule has 0 fully saturated rings. The lowest BCUT2D eigenvalue weighted by atomic mass is 10.0. The molecule has 0 aromatic carbocycles. The van der Waals surface area contributed by atoms with Crippen LogP contribution < -0.4 is 5.32 Å². The third-order valence-electron chi connectivity index (χ3n) is 4.88. The van der Waals surface area contributed by atoms with Crippen molar-refractivity contribution >= 4 is 14.2 Å². The zero-order valence-corrected chi connectivity index (χ0v) is 19.9. The van der Waals surface area contributed by atoms with Gasteiger partial charge in [-0.2, -0.15) is 0 Å². The van der Waals surface area contributed by atoms with Crippen molar-refractivity contribution in [3.63, 3.8) is 0 Å². The molecule has 0 aliphatic carbocycles. The molecule has 0 aliphatic heterocycles. The van der Waals surface area contributed by atoms with E-state index in [1.807, 2.05) is 6.08 Å². The van der Waals surface area contributed by atoms with Crippen LogP contribution in [0.1, 0.15) is 97.3 Å². The Hall–Kier alpha value is -0.720. The van der Waals surface area contributed by atoms with E-state index in [0.29, 0.717) is 12.8 Å². The molecule has 0 aromatic heterocycles. The third-order valence-corrected chi connectivity index (χ3v) is 5.86. The highest BCUT2D eigenvalue weighted by molar-refractivity contribution is 7.47. The van der Waals surface area contributed by atoms with Gasteiger partial charge in [-0.1, -0.05) is 90.2 Å². The smallest absolute Gasteiger partial charge is 0.387 e. The minimum Gasteiger partial charge on any atom is -0.387 e. The molecule has 2 unspecified atom stereocenters. The Kier molecular flexibility index (Phi) is 19.7. The largest absolute Gasteiger partial charge is 0.472 e. The van der Waals surface area contributed by atoms with Crippen LogP contribution in [0.15, 0.2) is 12.2 Å². The number of aliphatic hydroxyl groups excluding tert-OH is 1. The van der Waals surface area contributed by atoms with Crippen LogP contribution in [0, 0.1) is 0 Å². The summed E-state index contributed by atoms with van der Waals surface area (Å²) in [4.78, 5) is 20.3. The molecule has 0 spiro atoms. The highest BCUT2D eigenvalue weighted by Gasteiger charge is 2.25. The molecule has 3 atom stereocenters. The van der Waals surface area contributed by atoms with Crippen LogP contribution in [0.25, 0.3) is 0 Å². The summed E-state index contributed by atoms with van der Waals surface area (Å²) in [6.07, 6.45) is 18.5. The van der Waals surface area contributed by atoms with E-state index in [2.05, 4.69) is 12.2 Å². The Balaban J connectivity index is 3.90. The Morgan fingerprint density at radius 3 is 2.00 bits per heavy atom. The standard InChI is InChI=1S/C22H44NO6P/c1-3-5-6-7-8-9-10-11-12-13-14-15-16-17-22(25)21(23-20-24)19-29-30(26,27)28-18-4-2/h16-17,20-22,25H,3-15,18-19H2,1-2H3,(H,23,24)(H,26,27)/b17-16+/t21?,22-/m1/s1. The van der Waals surface area contributed by atoms with Gasteiger partial charge in [0.2, 0.25) is 6.41 Å². The van der Waals surface area contributed by atoms with Gasteiger partial charge in [-0.25, -0.2) is 4.57 Å². The molecule has 7 nitrogen and oxygen atoms in total.